The van der Waals surface area contributed by atoms with Gasteiger partial charge in [-0.25, -0.2) is 4.98 Å². The number of rotatable bonds is 5. The summed E-state index contributed by atoms with van der Waals surface area (Å²) in [6.07, 6.45) is 1.81. The van der Waals surface area contributed by atoms with Gasteiger partial charge in [0.25, 0.3) is 0 Å². The van der Waals surface area contributed by atoms with E-state index in [4.69, 9.17) is 5.73 Å². The number of hydrogen-bond acceptors (Lipinski definition) is 5. The van der Waals surface area contributed by atoms with E-state index in [0.717, 1.165) is 37.6 Å². The number of aryl methyl sites for hydroxylation is 1. The van der Waals surface area contributed by atoms with Crippen LogP contribution < -0.4 is 20.9 Å². The molecule has 0 bridgehead atoms. The summed E-state index contributed by atoms with van der Waals surface area (Å²) in [5, 5.41) is 2.88. The molecule has 2 aromatic rings. The highest BCUT2D eigenvalue weighted by atomic mass is 16.2. The van der Waals surface area contributed by atoms with Gasteiger partial charge < -0.3 is 20.9 Å². The van der Waals surface area contributed by atoms with E-state index in [0.29, 0.717) is 6.54 Å². The predicted molar refractivity (Wildman–Crippen MR) is 105 cm³/mol. The Balaban J connectivity index is 1.66. The fourth-order valence-electron chi connectivity index (χ4n) is 3.27. The lowest BCUT2D eigenvalue weighted by molar-refractivity contribution is -0.122. The molecule has 3 N–H and O–H groups in total. The third-order valence-electron chi connectivity index (χ3n) is 4.77. The third-order valence-corrected chi connectivity index (χ3v) is 4.77. The van der Waals surface area contributed by atoms with Gasteiger partial charge in [0, 0.05) is 50.2 Å². The van der Waals surface area contributed by atoms with Crippen LogP contribution in [0.25, 0.3) is 0 Å². The van der Waals surface area contributed by atoms with Gasteiger partial charge >= 0.3 is 0 Å². The molecule has 0 aliphatic carbocycles. The fourth-order valence-corrected chi connectivity index (χ4v) is 3.27. The molecule has 3 rings (SSSR count). The van der Waals surface area contributed by atoms with Gasteiger partial charge in [0.05, 0.1) is 6.04 Å². The van der Waals surface area contributed by atoms with Gasteiger partial charge in [0.1, 0.15) is 5.82 Å². The Hall–Kier alpha value is -2.60. The molecular formula is C20H27N5O. The van der Waals surface area contributed by atoms with Gasteiger partial charge in [0.15, 0.2) is 0 Å². The summed E-state index contributed by atoms with van der Waals surface area (Å²) in [7, 11) is 0. The second kappa shape index (κ2) is 8.19. The first-order valence-electron chi connectivity index (χ1n) is 9.09. The van der Waals surface area contributed by atoms with E-state index in [2.05, 4.69) is 51.3 Å². The predicted octanol–water partition coefficient (Wildman–Crippen LogP) is 1.68. The number of pyridine rings is 1. The van der Waals surface area contributed by atoms with Crippen LogP contribution in [-0.2, 0) is 11.3 Å². The molecule has 6 nitrogen and oxygen atoms in total. The maximum Gasteiger partial charge on any atom is 0.236 e. The van der Waals surface area contributed by atoms with Gasteiger partial charge in [-0.3, -0.25) is 4.79 Å². The van der Waals surface area contributed by atoms with E-state index in [1.165, 1.54) is 11.3 Å². The number of benzene rings is 1. The average Bonchev–Trinajstić information content (AvgIpc) is 2.67. The zero-order chi connectivity index (χ0) is 18.5. The number of nitrogens with one attached hydrogen (secondary N) is 1. The molecule has 1 aromatic heterocycles. The summed E-state index contributed by atoms with van der Waals surface area (Å²) in [6.45, 7) is 7.99. The Morgan fingerprint density at radius 1 is 1.15 bits per heavy atom. The van der Waals surface area contributed by atoms with Crippen molar-refractivity contribution >= 4 is 17.4 Å². The number of carbonyl (C=O) groups is 1. The molecular weight excluding hydrogens is 326 g/mol. The maximum absolute atomic E-state index is 11.8. The highest BCUT2D eigenvalue weighted by Gasteiger charge is 2.21. The molecule has 1 aliphatic heterocycles. The quantitative estimate of drug-likeness (QED) is 0.855. The zero-order valence-electron chi connectivity index (χ0n) is 15.5. The molecule has 1 atom stereocenters. The number of amides is 1. The molecule has 1 saturated heterocycles. The number of anilines is 2. The van der Waals surface area contributed by atoms with Crippen LogP contribution in [0.15, 0.2) is 42.6 Å². The minimum Gasteiger partial charge on any atom is -0.368 e. The van der Waals surface area contributed by atoms with Crippen LogP contribution in [-0.4, -0.2) is 43.1 Å². The van der Waals surface area contributed by atoms with E-state index in [1.54, 1.807) is 13.1 Å². The number of nitrogens with zero attached hydrogens (tertiary/aromatic N) is 3. The van der Waals surface area contributed by atoms with E-state index in [-0.39, 0.29) is 5.91 Å². The Labute approximate surface area is 155 Å². The van der Waals surface area contributed by atoms with Crippen LogP contribution in [0.3, 0.4) is 0 Å². The molecule has 1 unspecified atom stereocenters. The molecule has 2 heterocycles. The summed E-state index contributed by atoms with van der Waals surface area (Å²) >= 11 is 0. The normalized spacial score (nSPS) is 15.7. The van der Waals surface area contributed by atoms with E-state index in [1.807, 2.05) is 12.1 Å². The summed E-state index contributed by atoms with van der Waals surface area (Å²) in [5.41, 5.74) is 9.25. The average molecular weight is 353 g/mol. The molecule has 6 heteroatoms. The lowest BCUT2D eigenvalue weighted by atomic mass is 10.1. The number of nitrogens with two attached hydrogens (primary N) is 1. The van der Waals surface area contributed by atoms with Crippen molar-refractivity contribution in [2.45, 2.75) is 26.4 Å². The Morgan fingerprint density at radius 3 is 2.54 bits per heavy atom. The van der Waals surface area contributed by atoms with Crippen molar-refractivity contribution in [3.63, 3.8) is 0 Å². The highest BCUT2D eigenvalue weighted by molar-refractivity contribution is 5.81. The molecule has 1 aromatic carbocycles. The van der Waals surface area contributed by atoms with Crippen molar-refractivity contribution in [1.82, 2.24) is 10.3 Å². The second-order valence-corrected chi connectivity index (χ2v) is 6.75. The molecule has 1 fully saturated rings. The topological polar surface area (TPSA) is 74.5 Å². The fraction of sp³-hybridized carbons (Fsp3) is 0.400. The zero-order valence-corrected chi connectivity index (χ0v) is 15.5. The molecule has 0 saturated carbocycles. The van der Waals surface area contributed by atoms with Crippen LogP contribution in [0.2, 0.25) is 0 Å². The van der Waals surface area contributed by atoms with Crippen molar-refractivity contribution in [3.8, 4) is 0 Å². The van der Waals surface area contributed by atoms with Crippen LogP contribution in [0.1, 0.15) is 18.1 Å². The molecule has 1 amide bonds. The lowest BCUT2D eigenvalue weighted by Gasteiger charge is -2.38. The van der Waals surface area contributed by atoms with E-state index < -0.39 is 6.04 Å². The van der Waals surface area contributed by atoms with Gasteiger partial charge in [-0.15, -0.1) is 0 Å². The lowest BCUT2D eigenvalue weighted by Crippen LogP contribution is -2.47. The van der Waals surface area contributed by atoms with Crippen molar-refractivity contribution in [3.05, 3.63) is 53.7 Å². The smallest absolute Gasteiger partial charge is 0.236 e. The molecule has 138 valence electrons. The first-order chi connectivity index (χ1) is 12.6. The SMILES string of the molecule is Cc1ccccc1N1CCN(c2ncccc2CNC(=O)C(C)N)CC1. The third kappa shape index (κ3) is 4.14. The first-order valence-corrected chi connectivity index (χ1v) is 9.09. The number of para-hydroxylation sites is 1. The van der Waals surface area contributed by atoms with Crippen molar-refractivity contribution < 1.29 is 4.79 Å². The van der Waals surface area contributed by atoms with Crippen LogP contribution in [0, 0.1) is 6.92 Å². The van der Waals surface area contributed by atoms with Crippen molar-refractivity contribution in [2.24, 2.45) is 5.73 Å². The Bertz CT molecular complexity index is 753. The largest absolute Gasteiger partial charge is 0.368 e. The van der Waals surface area contributed by atoms with Crippen LogP contribution >= 0.6 is 0 Å². The van der Waals surface area contributed by atoms with E-state index >= 15 is 0 Å². The summed E-state index contributed by atoms with van der Waals surface area (Å²) in [4.78, 5) is 21.0. The van der Waals surface area contributed by atoms with Crippen LogP contribution in [0.4, 0.5) is 11.5 Å². The van der Waals surface area contributed by atoms with Gasteiger partial charge in [-0.2, -0.15) is 0 Å². The monoisotopic (exact) mass is 353 g/mol. The Morgan fingerprint density at radius 2 is 1.85 bits per heavy atom. The van der Waals surface area contributed by atoms with Crippen molar-refractivity contribution in [2.75, 3.05) is 36.0 Å². The highest BCUT2D eigenvalue weighted by Crippen LogP contribution is 2.24. The maximum atomic E-state index is 11.8. The molecule has 0 radical (unpaired) electrons. The molecule has 1 aliphatic rings. The summed E-state index contributed by atoms with van der Waals surface area (Å²) in [6, 6.07) is 11.9. The van der Waals surface area contributed by atoms with Crippen LogP contribution in [0.5, 0.6) is 0 Å². The van der Waals surface area contributed by atoms with Gasteiger partial charge in [-0.05, 0) is 31.5 Å². The number of piperazine rings is 1. The van der Waals surface area contributed by atoms with Gasteiger partial charge in [-0.1, -0.05) is 24.3 Å². The van der Waals surface area contributed by atoms with Crippen molar-refractivity contribution in [1.29, 1.82) is 0 Å². The minimum atomic E-state index is -0.507. The number of aromatic nitrogens is 1. The summed E-state index contributed by atoms with van der Waals surface area (Å²) in [5.74, 6) is 0.797. The summed E-state index contributed by atoms with van der Waals surface area (Å²) < 4.78 is 0. The second-order valence-electron chi connectivity index (χ2n) is 6.75. The van der Waals surface area contributed by atoms with E-state index in [9.17, 15) is 4.79 Å². The Kier molecular flexibility index (Phi) is 5.73. The number of hydrogen-bond donors (Lipinski definition) is 2. The van der Waals surface area contributed by atoms with Gasteiger partial charge in [0.2, 0.25) is 5.91 Å². The molecule has 26 heavy (non-hydrogen) atoms. The standard InChI is InChI=1S/C20H27N5O/c1-15-6-3-4-8-18(15)24-10-12-25(13-11-24)19-17(7-5-9-22-19)14-23-20(26)16(2)21/h3-9,16H,10-14,21H2,1-2H3,(H,23,26). The minimum absolute atomic E-state index is 0.149. The number of carbonyl (C=O) groups excluding carboxylic acids is 1. The molecule has 0 spiro atoms. The first kappa shape index (κ1) is 18.2.